The molecule has 8 heteroatoms. The Morgan fingerprint density at radius 2 is 1.50 bits per heavy atom. The number of hydrogen-bond acceptors (Lipinski definition) is 5. The van der Waals surface area contributed by atoms with Crippen LogP contribution in [0.2, 0.25) is 0 Å². The van der Waals surface area contributed by atoms with Crippen LogP contribution in [0.4, 0.5) is 11.4 Å². The van der Waals surface area contributed by atoms with Crippen molar-refractivity contribution in [3.63, 3.8) is 0 Å². The van der Waals surface area contributed by atoms with E-state index in [0.29, 0.717) is 0 Å². The van der Waals surface area contributed by atoms with Crippen LogP contribution in [0.25, 0.3) is 10.8 Å². The van der Waals surface area contributed by atoms with E-state index in [9.17, 15) is 0 Å². The molecule has 2 aliphatic heterocycles. The van der Waals surface area contributed by atoms with Gasteiger partial charge in [0.15, 0.2) is 5.71 Å². The van der Waals surface area contributed by atoms with Crippen molar-refractivity contribution in [2.24, 2.45) is 0 Å². The van der Waals surface area contributed by atoms with Crippen molar-refractivity contribution in [3.8, 4) is 0 Å². The van der Waals surface area contributed by atoms with Gasteiger partial charge < -0.3 is 4.90 Å². The molecule has 0 amide bonds. The molecule has 1 aliphatic carbocycles. The van der Waals surface area contributed by atoms with Crippen LogP contribution in [0.5, 0.6) is 0 Å². The van der Waals surface area contributed by atoms with Gasteiger partial charge >= 0.3 is 0 Å². The molecule has 0 fully saturated rings. The molecule has 0 bridgehead atoms. The molecule has 0 saturated heterocycles. The molecule has 44 heavy (non-hydrogen) atoms. The smallest absolute Gasteiger partial charge is 0.210 e. The summed E-state index contributed by atoms with van der Waals surface area (Å²) in [6.45, 7) is 9.30. The van der Waals surface area contributed by atoms with E-state index in [1.54, 1.807) is 0 Å². The zero-order valence-electron chi connectivity index (χ0n) is 26.0. The van der Waals surface area contributed by atoms with Gasteiger partial charge in [0.25, 0.3) is 0 Å². The second kappa shape index (κ2) is 11.9. The first-order valence-corrected chi connectivity index (χ1v) is 16.3. The minimum absolute atomic E-state index is 0.0373. The lowest BCUT2D eigenvalue weighted by Gasteiger charge is -2.24. The largest absolute Gasteiger partial charge is 0.347 e. The van der Waals surface area contributed by atoms with Gasteiger partial charge in [-0.15, -0.1) is 10.2 Å². The van der Waals surface area contributed by atoms with Gasteiger partial charge in [-0.25, -0.2) is 18.6 Å². The Kier molecular flexibility index (Phi) is 8.73. The Bertz CT molecular complexity index is 1770. The van der Waals surface area contributed by atoms with Gasteiger partial charge in [-0.3, -0.25) is 0 Å². The highest BCUT2D eigenvalue weighted by molar-refractivity contribution is 6.32. The third-order valence-electron chi connectivity index (χ3n) is 9.18. The molecular weight excluding hydrogens is 595 g/mol. The second-order valence-corrected chi connectivity index (χ2v) is 13.7. The Hall–Kier alpha value is -3.23. The van der Waals surface area contributed by atoms with E-state index in [0.717, 1.165) is 24.3 Å². The fourth-order valence-electron chi connectivity index (χ4n) is 7.06. The van der Waals surface area contributed by atoms with Crippen molar-refractivity contribution < 1.29 is 33.5 Å². The third kappa shape index (κ3) is 6.03. The SMILES string of the molecule is CN1/C(=C\C=C2/CCCC(C=CC3=[N+](C)c4ccc5ccccc5c4C3(C)C)=C2Cl)C(C)(C)c2ccccc21.[O-][Cl+3]([O-])([O-])[O-]. The van der Waals surface area contributed by atoms with Gasteiger partial charge in [-0.2, -0.15) is 4.58 Å². The number of para-hydroxylation sites is 1. The maximum Gasteiger partial charge on any atom is 0.210 e. The molecule has 0 aromatic heterocycles. The molecule has 6 nitrogen and oxygen atoms in total. The minimum atomic E-state index is -4.94. The summed E-state index contributed by atoms with van der Waals surface area (Å²) in [4.78, 5) is 2.32. The fourth-order valence-corrected chi connectivity index (χ4v) is 7.38. The zero-order valence-corrected chi connectivity index (χ0v) is 27.5. The number of rotatable bonds is 3. The van der Waals surface area contributed by atoms with Gasteiger partial charge in [0.05, 0.1) is 5.41 Å². The van der Waals surface area contributed by atoms with Gasteiger partial charge in [0.2, 0.25) is 5.69 Å². The van der Waals surface area contributed by atoms with Gasteiger partial charge in [-0.05, 0) is 78.8 Å². The highest BCUT2D eigenvalue weighted by Crippen LogP contribution is 2.47. The maximum atomic E-state index is 8.49. The molecule has 0 radical (unpaired) electrons. The lowest BCUT2D eigenvalue weighted by atomic mass is 9.79. The number of halogens is 2. The lowest BCUT2D eigenvalue weighted by molar-refractivity contribution is -2.00. The molecular formula is C36H38Cl2N2O4. The normalized spacial score (nSPS) is 20.9. The summed E-state index contributed by atoms with van der Waals surface area (Å²) in [6.07, 6.45) is 12.3. The summed E-state index contributed by atoms with van der Waals surface area (Å²) in [6, 6.07) is 21.9. The van der Waals surface area contributed by atoms with Crippen LogP contribution in [0.1, 0.15) is 58.1 Å². The number of fused-ring (bicyclic) bond motifs is 4. The van der Waals surface area contributed by atoms with E-state index >= 15 is 0 Å². The summed E-state index contributed by atoms with van der Waals surface area (Å²) in [7, 11) is -0.586. The average molecular weight is 634 g/mol. The Balaban J connectivity index is 0.000000712. The van der Waals surface area contributed by atoms with Crippen molar-refractivity contribution in [2.75, 3.05) is 19.0 Å². The fraction of sp³-hybridized carbons (Fsp3) is 0.306. The first-order valence-electron chi connectivity index (χ1n) is 14.7. The molecule has 2 heterocycles. The Morgan fingerprint density at radius 1 is 0.841 bits per heavy atom. The highest BCUT2D eigenvalue weighted by Gasteiger charge is 2.44. The lowest BCUT2D eigenvalue weighted by Crippen LogP contribution is -2.68. The van der Waals surface area contributed by atoms with Crippen LogP contribution in [0.3, 0.4) is 0 Å². The first-order chi connectivity index (χ1) is 20.6. The molecule has 3 aromatic rings. The number of nitrogens with zero attached hydrogens (tertiary/aromatic N) is 2. The van der Waals surface area contributed by atoms with Crippen molar-refractivity contribution in [1.29, 1.82) is 0 Å². The molecule has 230 valence electrons. The van der Waals surface area contributed by atoms with Crippen LogP contribution in [-0.4, -0.2) is 24.4 Å². The molecule has 0 saturated carbocycles. The second-order valence-electron chi connectivity index (χ2n) is 12.6. The van der Waals surface area contributed by atoms with Crippen molar-refractivity contribution in [1.82, 2.24) is 0 Å². The standard InChI is InChI=1S/C36H38ClN2.ClHO4/c1-35(2)28-16-9-10-17-29(28)38(5)31(35)22-19-25-13-11-14-26(34(25)37)20-23-32-36(3,4)33-27-15-8-7-12-24(27)18-21-30(33)39(32)6;2-1(3,4)5/h7-10,12,15-23H,11,13-14H2,1-6H3;(H,2,3,4,5)/q+1;/p-1. The summed E-state index contributed by atoms with van der Waals surface area (Å²) < 4.78 is 36.3. The van der Waals surface area contributed by atoms with Gasteiger partial charge in [-0.1, -0.05) is 80.1 Å². The zero-order chi connectivity index (χ0) is 32.0. The number of anilines is 1. The minimum Gasteiger partial charge on any atom is -0.347 e. The van der Waals surface area contributed by atoms with Gasteiger partial charge in [0, 0.05) is 46.6 Å². The van der Waals surface area contributed by atoms with E-state index in [-0.39, 0.29) is 10.8 Å². The van der Waals surface area contributed by atoms with E-state index in [2.05, 4.69) is 136 Å². The quantitative estimate of drug-likeness (QED) is 0.394. The number of hydrogen-bond donors (Lipinski definition) is 0. The first kappa shape index (κ1) is 32.2. The Morgan fingerprint density at radius 3 is 2.20 bits per heavy atom. The molecule has 3 aliphatic rings. The molecule has 0 spiro atoms. The summed E-state index contributed by atoms with van der Waals surface area (Å²) in [5.74, 6) is 0. The van der Waals surface area contributed by atoms with Crippen LogP contribution in [-0.2, 0) is 10.8 Å². The van der Waals surface area contributed by atoms with Crippen LogP contribution in [0, 0.1) is 10.2 Å². The van der Waals surface area contributed by atoms with Crippen molar-refractivity contribution in [2.45, 2.75) is 57.8 Å². The number of benzene rings is 3. The van der Waals surface area contributed by atoms with Gasteiger partial charge in [0.1, 0.15) is 7.05 Å². The maximum absolute atomic E-state index is 8.49. The summed E-state index contributed by atoms with van der Waals surface area (Å²) in [5.41, 5.74) is 10.3. The number of likely N-dealkylation sites (N-methyl/N-ethyl adjacent to an activating group) is 1. The molecule has 0 unspecified atom stereocenters. The molecule has 0 atom stereocenters. The summed E-state index contributed by atoms with van der Waals surface area (Å²) >= 11 is 7.09. The Labute approximate surface area is 267 Å². The van der Waals surface area contributed by atoms with Crippen LogP contribution >= 0.6 is 11.6 Å². The van der Waals surface area contributed by atoms with E-state index in [1.165, 1.54) is 55.8 Å². The number of allylic oxidation sites excluding steroid dienone is 8. The highest BCUT2D eigenvalue weighted by atomic mass is 35.7. The summed E-state index contributed by atoms with van der Waals surface area (Å²) in [5, 5.41) is 3.54. The average Bonchev–Trinajstić information content (AvgIpc) is 3.28. The predicted molar refractivity (Wildman–Crippen MR) is 168 cm³/mol. The molecule has 3 aromatic carbocycles. The monoisotopic (exact) mass is 632 g/mol. The van der Waals surface area contributed by atoms with Crippen molar-refractivity contribution in [3.05, 3.63) is 118 Å². The topological polar surface area (TPSA) is 98.5 Å². The third-order valence-corrected chi connectivity index (χ3v) is 9.66. The van der Waals surface area contributed by atoms with E-state index < -0.39 is 10.2 Å². The van der Waals surface area contributed by atoms with Crippen molar-refractivity contribution >= 4 is 39.5 Å². The van der Waals surface area contributed by atoms with Crippen LogP contribution < -0.4 is 23.5 Å². The molecule has 0 N–H and O–H groups in total. The molecule has 6 rings (SSSR count). The van der Waals surface area contributed by atoms with Crippen LogP contribution in [0.15, 0.2) is 107 Å². The predicted octanol–water partition coefficient (Wildman–Crippen LogP) is 4.56. The van der Waals surface area contributed by atoms with E-state index in [1.807, 2.05) is 0 Å². The van der Waals surface area contributed by atoms with E-state index in [4.69, 9.17) is 30.2 Å².